The molecule has 0 atom stereocenters. The molecule has 0 amide bonds. The number of halogens is 1. The van der Waals surface area contributed by atoms with Gasteiger partial charge in [-0.25, -0.2) is 0 Å². The molecule has 0 radical (unpaired) electrons. The molecule has 4 bridgehead atoms. The summed E-state index contributed by atoms with van der Waals surface area (Å²) in [6.45, 7) is 1.62. The summed E-state index contributed by atoms with van der Waals surface area (Å²) < 4.78 is 0.825. The molecule has 4 fully saturated rings. The van der Waals surface area contributed by atoms with Crippen LogP contribution >= 0.6 is 22.6 Å². The Morgan fingerprint density at radius 1 is 1.14 bits per heavy atom. The quantitative estimate of drug-likeness (QED) is 0.583. The van der Waals surface area contributed by atoms with Gasteiger partial charge in [0.25, 0.3) is 0 Å². The summed E-state index contributed by atoms with van der Waals surface area (Å²) in [7, 11) is 0. The van der Waals surface area contributed by atoms with Crippen LogP contribution in [0.5, 0.6) is 5.75 Å². The zero-order valence-corrected chi connectivity index (χ0v) is 14.5. The Morgan fingerprint density at radius 3 is 2.14 bits per heavy atom. The van der Waals surface area contributed by atoms with E-state index in [1.165, 1.54) is 38.5 Å². The maximum Gasteiger partial charge on any atom is 0.159 e. The van der Waals surface area contributed by atoms with Gasteiger partial charge in [0.15, 0.2) is 5.78 Å². The minimum Gasteiger partial charge on any atom is -0.507 e. The van der Waals surface area contributed by atoms with Crippen molar-refractivity contribution in [3.05, 3.63) is 26.8 Å². The Labute approximate surface area is 139 Å². The second kappa shape index (κ2) is 4.71. The van der Waals surface area contributed by atoms with E-state index in [0.717, 1.165) is 32.5 Å². The summed E-state index contributed by atoms with van der Waals surface area (Å²) in [5.74, 6) is 3.05. The third-order valence-electron chi connectivity index (χ3n) is 6.08. The molecule has 4 aliphatic rings. The van der Waals surface area contributed by atoms with Crippen LogP contribution < -0.4 is 0 Å². The smallest absolute Gasteiger partial charge is 0.159 e. The number of Topliss-reactive ketones (excluding diaryl/α,β-unsaturated/α-hetero) is 1. The van der Waals surface area contributed by atoms with Crippen molar-refractivity contribution in [2.75, 3.05) is 0 Å². The van der Waals surface area contributed by atoms with E-state index in [9.17, 15) is 9.90 Å². The van der Waals surface area contributed by atoms with Gasteiger partial charge in [0.1, 0.15) is 5.75 Å². The monoisotopic (exact) mass is 396 g/mol. The maximum atomic E-state index is 11.8. The predicted octanol–water partition coefficient (Wildman–Crippen LogP) is 4.67. The third-order valence-corrected chi connectivity index (χ3v) is 6.90. The van der Waals surface area contributed by atoms with Gasteiger partial charge in [0.2, 0.25) is 0 Å². The number of ketones is 1. The van der Waals surface area contributed by atoms with Gasteiger partial charge in [-0.3, -0.25) is 4.79 Å². The minimum absolute atomic E-state index is 0.0962. The SMILES string of the molecule is CC(=O)c1cc(I)c(O)c(C23CC4CC(CC(C4)C2)C3)c1. The molecule has 1 aromatic rings. The van der Waals surface area contributed by atoms with Gasteiger partial charge >= 0.3 is 0 Å². The lowest BCUT2D eigenvalue weighted by atomic mass is 9.48. The minimum atomic E-state index is 0.0962. The summed E-state index contributed by atoms with van der Waals surface area (Å²) in [6.07, 6.45) is 7.81. The van der Waals surface area contributed by atoms with E-state index in [0.29, 0.717) is 5.75 Å². The van der Waals surface area contributed by atoms with Crippen LogP contribution in [0.15, 0.2) is 12.1 Å². The summed E-state index contributed by atoms with van der Waals surface area (Å²) in [5.41, 5.74) is 1.96. The summed E-state index contributed by atoms with van der Waals surface area (Å²) >= 11 is 2.17. The highest BCUT2D eigenvalue weighted by Crippen LogP contribution is 2.62. The molecule has 1 N–H and O–H groups in total. The number of benzene rings is 1. The molecular formula is C18H21IO2. The van der Waals surface area contributed by atoms with Crippen molar-refractivity contribution in [3.8, 4) is 5.75 Å². The molecule has 0 aliphatic heterocycles. The van der Waals surface area contributed by atoms with Crippen molar-refractivity contribution < 1.29 is 9.90 Å². The standard InChI is InChI=1S/C18H21IO2/c1-10(20)14-5-15(17(21)16(19)6-14)18-7-11-2-12(8-18)4-13(3-11)9-18/h5-6,11-13,21H,2-4,7-9H2,1H3. The van der Waals surface area contributed by atoms with Gasteiger partial charge in [-0.1, -0.05) is 0 Å². The molecular weight excluding hydrogens is 375 g/mol. The van der Waals surface area contributed by atoms with Crippen LogP contribution in [0.2, 0.25) is 0 Å². The second-order valence-corrected chi connectivity index (χ2v) is 8.77. The van der Waals surface area contributed by atoms with E-state index in [-0.39, 0.29) is 11.2 Å². The first-order valence-corrected chi connectivity index (χ1v) is 9.09. The van der Waals surface area contributed by atoms with Gasteiger partial charge < -0.3 is 5.11 Å². The molecule has 3 heteroatoms. The van der Waals surface area contributed by atoms with Gasteiger partial charge in [-0.15, -0.1) is 0 Å². The van der Waals surface area contributed by atoms with Crippen molar-refractivity contribution in [2.45, 2.75) is 50.9 Å². The van der Waals surface area contributed by atoms with Crippen molar-refractivity contribution >= 4 is 28.4 Å². The van der Waals surface area contributed by atoms with Gasteiger partial charge in [0.05, 0.1) is 3.57 Å². The maximum absolute atomic E-state index is 11.8. The lowest BCUT2D eigenvalue weighted by Crippen LogP contribution is -2.48. The number of hydrogen-bond donors (Lipinski definition) is 1. The predicted molar refractivity (Wildman–Crippen MR) is 90.7 cm³/mol. The molecule has 4 aliphatic carbocycles. The van der Waals surface area contributed by atoms with Crippen molar-refractivity contribution in [2.24, 2.45) is 17.8 Å². The van der Waals surface area contributed by atoms with Crippen molar-refractivity contribution in [3.63, 3.8) is 0 Å². The fourth-order valence-electron chi connectivity index (χ4n) is 5.65. The van der Waals surface area contributed by atoms with E-state index in [1.807, 2.05) is 12.1 Å². The Bertz CT molecular complexity index is 585. The largest absolute Gasteiger partial charge is 0.507 e. The van der Waals surface area contributed by atoms with Crippen LogP contribution in [0.1, 0.15) is 61.4 Å². The normalized spacial score (nSPS) is 37.0. The van der Waals surface area contributed by atoms with Gasteiger partial charge in [0, 0.05) is 11.1 Å². The molecule has 4 saturated carbocycles. The number of aromatic hydroxyl groups is 1. The van der Waals surface area contributed by atoms with E-state index in [1.54, 1.807) is 6.92 Å². The molecule has 21 heavy (non-hydrogen) atoms. The molecule has 0 heterocycles. The number of rotatable bonds is 2. The fourth-order valence-corrected chi connectivity index (χ4v) is 6.27. The van der Waals surface area contributed by atoms with Crippen LogP contribution in [-0.4, -0.2) is 10.9 Å². The molecule has 2 nitrogen and oxygen atoms in total. The Balaban J connectivity index is 1.84. The molecule has 112 valence electrons. The van der Waals surface area contributed by atoms with Gasteiger partial charge in [-0.2, -0.15) is 0 Å². The topological polar surface area (TPSA) is 37.3 Å². The fraction of sp³-hybridized carbons (Fsp3) is 0.611. The number of carbonyl (C=O) groups is 1. The number of hydrogen-bond acceptors (Lipinski definition) is 2. The van der Waals surface area contributed by atoms with Crippen LogP contribution in [-0.2, 0) is 5.41 Å². The van der Waals surface area contributed by atoms with Gasteiger partial charge in [-0.05, 0) is 103 Å². The average Bonchev–Trinajstić information content (AvgIpc) is 2.39. The molecule has 5 rings (SSSR count). The molecule has 0 spiro atoms. The summed E-state index contributed by atoms with van der Waals surface area (Å²) in [4.78, 5) is 11.8. The first-order chi connectivity index (χ1) is 9.97. The zero-order valence-electron chi connectivity index (χ0n) is 12.4. The molecule has 1 aromatic carbocycles. The average molecular weight is 396 g/mol. The Kier molecular flexibility index (Phi) is 3.15. The van der Waals surface area contributed by atoms with E-state index in [4.69, 9.17) is 0 Å². The van der Waals surface area contributed by atoms with Crippen LogP contribution in [0.3, 0.4) is 0 Å². The highest BCUT2D eigenvalue weighted by Gasteiger charge is 2.52. The Hall–Kier alpha value is -0.580. The number of phenols is 1. The van der Waals surface area contributed by atoms with Crippen LogP contribution in [0.4, 0.5) is 0 Å². The highest BCUT2D eigenvalue weighted by atomic mass is 127. The van der Waals surface area contributed by atoms with Crippen LogP contribution in [0.25, 0.3) is 0 Å². The van der Waals surface area contributed by atoms with Crippen LogP contribution in [0, 0.1) is 21.3 Å². The number of phenolic OH excluding ortho intramolecular Hbond substituents is 1. The molecule has 0 unspecified atom stereocenters. The first-order valence-electron chi connectivity index (χ1n) is 8.01. The lowest BCUT2D eigenvalue weighted by molar-refractivity contribution is -0.00619. The zero-order chi connectivity index (χ0) is 14.8. The Morgan fingerprint density at radius 2 is 1.67 bits per heavy atom. The van der Waals surface area contributed by atoms with E-state index >= 15 is 0 Å². The molecule has 0 saturated heterocycles. The lowest BCUT2D eigenvalue weighted by Gasteiger charge is -2.57. The van der Waals surface area contributed by atoms with E-state index in [2.05, 4.69) is 22.6 Å². The third kappa shape index (κ3) is 2.14. The van der Waals surface area contributed by atoms with E-state index < -0.39 is 0 Å². The van der Waals surface area contributed by atoms with Crippen molar-refractivity contribution in [1.82, 2.24) is 0 Å². The second-order valence-electron chi connectivity index (χ2n) is 7.61. The summed E-state index contributed by atoms with van der Waals surface area (Å²) in [5, 5.41) is 10.6. The summed E-state index contributed by atoms with van der Waals surface area (Å²) in [6, 6.07) is 3.81. The molecule has 0 aromatic heterocycles. The first kappa shape index (κ1) is 14.0. The van der Waals surface area contributed by atoms with Crippen molar-refractivity contribution in [1.29, 1.82) is 0 Å². The number of carbonyl (C=O) groups excluding carboxylic acids is 1. The highest BCUT2D eigenvalue weighted by molar-refractivity contribution is 14.1.